The van der Waals surface area contributed by atoms with Crippen LogP contribution in [-0.2, 0) is 13.6 Å². The minimum atomic E-state index is -0.282. The fraction of sp³-hybridized carbons (Fsp3) is 0.538. The van der Waals surface area contributed by atoms with E-state index in [1.807, 2.05) is 34.7 Å². The first-order valence-electron chi connectivity index (χ1n) is 6.59. The number of aromatic amines is 1. The van der Waals surface area contributed by atoms with Crippen LogP contribution in [0.5, 0.6) is 0 Å². The minimum Gasteiger partial charge on any atom is -0.345 e. The van der Waals surface area contributed by atoms with Crippen LogP contribution >= 0.6 is 0 Å². The van der Waals surface area contributed by atoms with Gasteiger partial charge < -0.3 is 5.32 Å². The Bertz CT molecular complexity index is 625. The molecule has 0 aliphatic carbocycles. The van der Waals surface area contributed by atoms with Crippen molar-refractivity contribution in [2.45, 2.75) is 40.2 Å². The predicted octanol–water partition coefficient (Wildman–Crippen LogP) is 1.21. The summed E-state index contributed by atoms with van der Waals surface area (Å²) < 4.78 is 1.81. The van der Waals surface area contributed by atoms with Crippen LogP contribution in [0.4, 0.5) is 0 Å². The highest BCUT2D eigenvalue weighted by Gasteiger charge is 2.15. The molecule has 0 spiro atoms. The third kappa shape index (κ3) is 2.71. The first kappa shape index (κ1) is 14.2. The van der Waals surface area contributed by atoms with Crippen molar-refractivity contribution in [3.05, 3.63) is 28.6 Å². The van der Waals surface area contributed by atoms with Crippen LogP contribution in [0.15, 0.2) is 0 Å². The van der Waals surface area contributed by atoms with E-state index in [1.54, 1.807) is 4.68 Å². The summed E-state index contributed by atoms with van der Waals surface area (Å²) in [5, 5.41) is 13.8. The Morgan fingerprint density at radius 1 is 1.40 bits per heavy atom. The van der Waals surface area contributed by atoms with Crippen molar-refractivity contribution in [3.8, 4) is 0 Å². The van der Waals surface area contributed by atoms with Crippen LogP contribution in [0, 0.1) is 13.8 Å². The normalized spacial score (nSPS) is 11.1. The van der Waals surface area contributed by atoms with E-state index in [0.29, 0.717) is 12.4 Å². The van der Waals surface area contributed by atoms with E-state index >= 15 is 0 Å². The van der Waals surface area contributed by atoms with Gasteiger partial charge in [0, 0.05) is 30.8 Å². The summed E-state index contributed by atoms with van der Waals surface area (Å²) in [6, 6.07) is 0. The molecule has 0 atom stereocenters. The van der Waals surface area contributed by atoms with Crippen LogP contribution in [0.1, 0.15) is 53.2 Å². The lowest BCUT2D eigenvalue weighted by Gasteiger charge is -2.03. The number of nitrogens with zero attached hydrogens (tertiary/aromatic N) is 4. The molecule has 20 heavy (non-hydrogen) atoms. The van der Waals surface area contributed by atoms with Crippen molar-refractivity contribution in [3.63, 3.8) is 0 Å². The molecule has 2 heterocycles. The predicted molar refractivity (Wildman–Crippen MR) is 74.3 cm³/mol. The Labute approximate surface area is 117 Å². The molecule has 108 valence electrons. The molecule has 0 bridgehead atoms. The molecule has 0 aliphatic heterocycles. The van der Waals surface area contributed by atoms with Gasteiger partial charge in [0.2, 0.25) is 5.82 Å². The number of nitrogens with one attached hydrogen (secondary N) is 2. The first-order valence-corrected chi connectivity index (χ1v) is 6.59. The Balaban J connectivity index is 2.04. The summed E-state index contributed by atoms with van der Waals surface area (Å²) in [5.74, 6) is 0.819. The molecule has 2 aromatic rings. The molecule has 0 radical (unpaired) electrons. The Kier molecular flexibility index (Phi) is 3.87. The quantitative estimate of drug-likeness (QED) is 0.878. The van der Waals surface area contributed by atoms with Crippen molar-refractivity contribution in [1.82, 2.24) is 30.3 Å². The topological polar surface area (TPSA) is 88.5 Å². The van der Waals surface area contributed by atoms with E-state index in [2.05, 4.69) is 25.6 Å². The molecule has 7 nitrogen and oxygen atoms in total. The maximum atomic E-state index is 12.0. The Hall–Kier alpha value is -2.18. The third-order valence-corrected chi connectivity index (χ3v) is 3.34. The van der Waals surface area contributed by atoms with Crippen molar-refractivity contribution in [1.29, 1.82) is 0 Å². The molecule has 0 saturated carbocycles. The molecule has 0 fully saturated rings. The van der Waals surface area contributed by atoms with Gasteiger partial charge in [-0.1, -0.05) is 13.8 Å². The highest BCUT2D eigenvalue weighted by atomic mass is 16.2. The average molecular weight is 276 g/mol. The Morgan fingerprint density at radius 2 is 2.10 bits per heavy atom. The zero-order valence-corrected chi connectivity index (χ0v) is 12.5. The smallest absolute Gasteiger partial charge is 0.291 e. The molecule has 0 aliphatic rings. The highest BCUT2D eigenvalue weighted by Crippen LogP contribution is 2.12. The fourth-order valence-corrected chi connectivity index (χ4v) is 1.96. The number of aromatic nitrogens is 5. The number of amides is 1. The van der Waals surface area contributed by atoms with Gasteiger partial charge in [-0.15, -0.1) is 5.10 Å². The van der Waals surface area contributed by atoms with Gasteiger partial charge in [0.25, 0.3) is 5.91 Å². The molecular formula is C13H20N6O. The van der Waals surface area contributed by atoms with Gasteiger partial charge >= 0.3 is 0 Å². The lowest BCUT2D eigenvalue weighted by atomic mass is 10.2. The summed E-state index contributed by atoms with van der Waals surface area (Å²) in [4.78, 5) is 16.2. The van der Waals surface area contributed by atoms with Crippen molar-refractivity contribution in [2.24, 2.45) is 7.05 Å². The van der Waals surface area contributed by atoms with E-state index in [1.165, 1.54) is 0 Å². The number of hydrogen-bond acceptors (Lipinski definition) is 4. The van der Waals surface area contributed by atoms with Crippen LogP contribution in [-0.4, -0.2) is 30.9 Å². The second-order valence-corrected chi connectivity index (χ2v) is 5.15. The van der Waals surface area contributed by atoms with Crippen LogP contribution in [0.25, 0.3) is 0 Å². The van der Waals surface area contributed by atoms with E-state index in [9.17, 15) is 4.79 Å². The minimum absolute atomic E-state index is 0.174. The van der Waals surface area contributed by atoms with Gasteiger partial charge in [-0.25, -0.2) is 4.98 Å². The molecule has 7 heteroatoms. The second kappa shape index (κ2) is 5.44. The van der Waals surface area contributed by atoms with E-state index in [4.69, 9.17) is 0 Å². The van der Waals surface area contributed by atoms with Gasteiger partial charge in [-0.05, 0) is 13.8 Å². The summed E-state index contributed by atoms with van der Waals surface area (Å²) >= 11 is 0. The number of aryl methyl sites for hydroxylation is 2. The SMILES string of the molecule is Cc1nn(C)c(C)c1CNC(=O)c1n[nH]c(C(C)C)n1. The molecule has 1 amide bonds. The molecule has 0 aromatic carbocycles. The van der Waals surface area contributed by atoms with E-state index in [-0.39, 0.29) is 17.6 Å². The highest BCUT2D eigenvalue weighted by molar-refractivity contribution is 5.90. The largest absolute Gasteiger partial charge is 0.345 e. The molecule has 2 aromatic heterocycles. The van der Waals surface area contributed by atoms with Gasteiger partial charge in [-0.3, -0.25) is 14.6 Å². The zero-order chi connectivity index (χ0) is 14.9. The number of hydrogen-bond donors (Lipinski definition) is 2. The van der Waals surface area contributed by atoms with Crippen LogP contribution in [0.3, 0.4) is 0 Å². The van der Waals surface area contributed by atoms with Gasteiger partial charge in [0.05, 0.1) is 5.69 Å². The van der Waals surface area contributed by atoms with Crippen molar-refractivity contribution < 1.29 is 4.79 Å². The Morgan fingerprint density at radius 3 is 2.60 bits per heavy atom. The van der Waals surface area contributed by atoms with Gasteiger partial charge in [0.1, 0.15) is 5.82 Å². The second-order valence-electron chi connectivity index (χ2n) is 5.15. The van der Waals surface area contributed by atoms with Crippen molar-refractivity contribution in [2.75, 3.05) is 0 Å². The summed E-state index contributed by atoms with van der Waals surface area (Å²) in [7, 11) is 1.89. The molecule has 0 unspecified atom stereocenters. The summed E-state index contributed by atoms with van der Waals surface area (Å²) in [6.45, 7) is 8.31. The zero-order valence-electron chi connectivity index (χ0n) is 12.5. The van der Waals surface area contributed by atoms with Gasteiger partial charge in [0.15, 0.2) is 0 Å². The molecule has 2 N–H and O–H groups in total. The lowest BCUT2D eigenvalue weighted by Crippen LogP contribution is -2.24. The van der Waals surface area contributed by atoms with E-state index in [0.717, 1.165) is 17.0 Å². The maximum absolute atomic E-state index is 12.0. The number of carbonyl (C=O) groups excluding carboxylic acids is 1. The third-order valence-electron chi connectivity index (χ3n) is 3.34. The number of H-pyrrole nitrogens is 1. The summed E-state index contributed by atoms with van der Waals surface area (Å²) in [6.07, 6.45) is 0. The van der Waals surface area contributed by atoms with E-state index < -0.39 is 0 Å². The first-order chi connectivity index (χ1) is 9.40. The molecule has 2 rings (SSSR count). The van der Waals surface area contributed by atoms with Gasteiger partial charge in [-0.2, -0.15) is 5.10 Å². The fourth-order valence-electron chi connectivity index (χ4n) is 1.96. The number of rotatable bonds is 4. The maximum Gasteiger partial charge on any atom is 0.291 e. The standard InChI is InChI=1S/C13H20N6O/c1-7(2)11-15-12(17-16-11)13(20)14-6-10-8(3)18-19(5)9(10)4/h7H,6H2,1-5H3,(H,14,20)(H,15,16,17). The van der Waals surface area contributed by atoms with Crippen molar-refractivity contribution >= 4 is 5.91 Å². The van der Waals surface area contributed by atoms with Crippen LogP contribution < -0.4 is 5.32 Å². The average Bonchev–Trinajstić information content (AvgIpc) is 2.95. The monoisotopic (exact) mass is 276 g/mol. The lowest BCUT2D eigenvalue weighted by molar-refractivity contribution is 0.0941. The number of carbonyl (C=O) groups is 1. The molecular weight excluding hydrogens is 256 g/mol. The summed E-state index contributed by atoms with van der Waals surface area (Å²) in [5.41, 5.74) is 2.99. The molecule has 0 saturated heterocycles. The van der Waals surface area contributed by atoms with Crippen LogP contribution in [0.2, 0.25) is 0 Å².